The van der Waals surface area contributed by atoms with Gasteiger partial charge >= 0.3 is 0 Å². The average molecular weight is 306 g/mol. The average Bonchev–Trinajstić information content (AvgIpc) is 2.15. The number of nitrogens with one attached hydrogen (secondary N) is 2. The van der Waals surface area contributed by atoms with Crippen molar-refractivity contribution < 1.29 is 16.8 Å². The minimum Gasteiger partial charge on any atom is -0.380 e. The summed E-state index contributed by atoms with van der Waals surface area (Å²) in [6.45, 7) is 1.72. The Bertz CT molecular complexity index is 638. The Balaban J connectivity index is 2.90. The molecule has 0 aromatic heterocycles. The third kappa shape index (κ3) is 6.44. The molecule has 0 heterocycles. The molecule has 0 aliphatic carbocycles. The lowest BCUT2D eigenvalue weighted by atomic mass is 10.2. The predicted octanol–water partition coefficient (Wildman–Crippen LogP) is 0.903. The molecule has 0 saturated heterocycles. The highest BCUT2D eigenvalue weighted by Crippen LogP contribution is 2.22. The van der Waals surface area contributed by atoms with Crippen molar-refractivity contribution in [1.82, 2.24) is 0 Å². The summed E-state index contributed by atoms with van der Waals surface area (Å²) in [7, 11) is -6.47. The van der Waals surface area contributed by atoms with Crippen LogP contribution in [0.1, 0.15) is 6.92 Å². The van der Waals surface area contributed by atoms with Crippen LogP contribution in [-0.2, 0) is 19.9 Å². The summed E-state index contributed by atoms with van der Waals surface area (Å²) >= 11 is 0. The number of rotatable bonds is 6. The van der Waals surface area contributed by atoms with Gasteiger partial charge in [0.25, 0.3) is 0 Å². The van der Waals surface area contributed by atoms with Gasteiger partial charge in [-0.2, -0.15) is 0 Å². The predicted molar refractivity (Wildman–Crippen MR) is 77.7 cm³/mol. The summed E-state index contributed by atoms with van der Waals surface area (Å²) in [5, 5.41) is 2.98. The molecule has 6 nitrogen and oxygen atoms in total. The molecule has 0 spiro atoms. The fourth-order valence-corrected chi connectivity index (χ4v) is 3.23. The standard InChI is InChI=1S/C11H18N2O4S2/c1-9(8-18(2,14)15)12-10-6-4-5-7-11(10)13-19(3,16)17/h4-7,9,12-13H,8H2,1-3H3. The second-order valence-corrected chi connectivity index (χ2v) is 8.49. The zero-order chi connectivity index (χ0) is 14.7. The molecule has 108 valence electrons. The molecule has 0 saturated carbocycles. The van der Waals surface area contributed by atoms with Crippen molar-refractivity contribution in [3.8, 4) is 0 Å². The second-order valence-electron chi connectivity index (χ2n) is 4.56. The van der Waals surface area contributed by atoms with Gasteiger partial charge in [-0.05, 0) is 19.1 Å². The van der Waals surface area contributed by atoms with E-state index < -0.39 is 19.9 Å². The van der Waals surface area contributed by atoms with E-state index in [0.717, 1.165) is 12.5 Å². The summed E-state index contributed by atoms with van der Waals surface area (Å²) < 4.78 is 47.2. The van der Waals surface area contributed by atoms with Crippen LogP contribution in [0, 0.1) is 0 Å². The molecule has 1 unspecified atom stereocenters. The number of anilines is 2. The lowest BCUT2D eigenvalue weighted by molar-refractivity contribution is 0.597. The Morgan fingerprint density at radius 1 is 1.05 bits per heavy atom. The van der Waals surface area contributed by atoms with Crippen molar-refractivity contribution in [2.24, 2.45) is 0 Å². The number of benzene rings is 1. The third-order valence-corrected chi connectivity index (χ3v) is 3.87. The van der Waals surface area contributed by atoms with Crippen molar-refractivity contribution in [3.05, 3.63) is 24.3 Å². The maximum absolute atomic E-state index is 11.2. The molecule has 2 N–H and O–H groups in total. The Morgan fingerprint density at radius 3 is 2.05 bits per heavy atom. The zero-order valence-electron chi connectivity index (χ0n) is 11.0. The molecule has 0 aliphatic rings. The Morgan fingerprint density at radius 2 is 1.58 bits per heavy atom. The number of para-hydroxylation sites is 2. The Kier molecular flexibility index (Phi) is 4.81. The monoisotopic (exact) mass is 306 g/mol. The van der Waals surface area contributed by atoms with Crippen molar-refractivity contribution in [3.63, 3.8) is 0 Å². The summed E-state index contributed by atoms with van der Waals surface area (Å²) in [4.78, 5) is 0. The van der Waals surface area contributed by atoms with Crippen molar-refractivity contribution >= 4 is 31.2 Å². The SMILES string of the molecule is CC(CS(C)(=O)=O)Nc1ccccc1NS(C)(=O)=O. The molecule has 8 heteroatoms. The van der Waals surface area contributed by atoms with Gasteiger partial charge in [-0.3, -0.25) is 4.72 Å². The van der Waals surface area contributed by atoms with Crippen LogP contribution in [0.5, 0.6) is 0 Å². The molecule has 1 aromatic rings. The van der Waals surface area contributed by atoms with Gasteiger partial charge in [0.2, 0.25) is 10.0 Å². The van der Waals surface area contributed by atoms with Gasteiger partial charge in [0.15, 0.2) is 0 Å². The smallest absolute Gasteiger partial charge is 0.229 e. The van der Waals surface area contributed by atoms with Crippen LogP contribution in [0.3, 0.4) is 0 Å². The van der Waals surface area contributed by atoms with E-state index in [1.165, 1.54) is 0 Å². The van der Waals surface area contributed by atoms with Crippen molar-refractivity contribution in [1.29, 1.82) is 0 Å². The van der Waals surface area contributed by atoms with Crippen molar-refractivity contribution in [2.45, 2.75) is 13.0 Å². The quantitative estimate of drug-likeness (QED) is 0.815. The first-order valence-electron chi connectivity index (χ1n) is 5.58. The van der Waals surface area contributed by atoms with Crippen LogP contribution >= 0.6 is 0 Å². The Labute approximate surface area is 114 Å². The molecule has 19 heavy (non-hydrogen) atoms. The van der Waals surface area contributed by atoms with Crippen LogP contribution < -0.4 is 10.0 Å². The van der Waals surface area contributed by atoms with Crippen LogP contribution in [0.15, 0.2) is 24.3 Å². The van der Waals surface area contributed by atoms with Gasteiger partial charge in [0.05, 0.1) is 23.4 Å². The lowest BCUT2D eigenvalue weighted by Crippen LogP contribution is -2.25. The molecular weight excluding hydrogens is 288 g/mol. The number of sulfone groups is 1. The molecule has 0 bridgehead atoms. The number of sulfonamides is 1. The topological polar surface area (TPSA) is 92.3 Å². The minimum absolute atomic E-state index is 0.0276. The normalized spacial score (nSPS) is 13.8. The molecule has 0 radical (unpaired) electrons. The molecular formula is C11H18N2O4S2. The van der Waals surface area contributed by atoms with E-state index in [1.54, 1.807) is 31.2 Å². The number of hydrogen-bond acceptors (Lipinski definition) is 5. The fourth-order valence-electron chi connectivity index (χ4n) is 1.66. The molecule has 0 amide bonds. The maximum atomic E-state index is 11.2. The third-order valence-electron chi connectivity index (χ3n) is 2.18. The maximum Gasteiger partial charge on any atom is 0.229 e. The van der Waals surface area contributed by atoms with E-state index in [-0.39, 0.29) is 11.8 Å². The summed E-state index contributed by atoms with van der Waals surface area (Å²) in [5.41, 5.74) is 0.939. The minimum atomic E-state index is -3.38. The van der Waals surface area contributed by atoms with E-state index in [2.05, 4.69) is 10.0 Å². The molecule has 1 atom stereocenters. The van der Waals surface area contributed by atoms with E-state index in [9.17, 15) is 16.8 Å². The first-order chi connectivity index (χ1) is 8.57. The van der Waals surface area contributed by atoms with Gasteiger partial charge in [-0.15, -0.1) is 0 Å². The lowest BCUT2D eigenvalue weighted by Gasteiger charge is -2.17. The molecule has 1 rings (SSSR count). The van der Waals surface area contributed by atoms with Crippen LogP contribution in [0.4, 0.5) is 11.4 Å². The van der Waals surface area contributed by atoms with Crippen molar-refractivity contribution in [2.75, 3.05) is 28.3 Å². The molecule has 1 aromatic carbocycles. The first kappa shape index (κ1) is 15.8. The summed E-state index contributed by atoms with van der Waals surface area (Å²) in [5.74, 6) is -0.0276. The van der Waals surface area contributed by atoms with Gasteiger partial charge in [0.1, 0.15) is 9.84 Å². The van der Waals surface area contributed by atoms with Gasteiger partial charge in [-0.1, -0.05) is 12.1 Å². The summed E-state index contributed by atoms with van der Waals surface area (Å²) in [6.07, 6.45) is 2.22. The van der Waals surface area contributed by atoms with Gasteiger partial charge < -0.3 is 5.32 Å². The van der Waals surface area contributed by atoms with Gasteiger partial charge in [-0.25, -0.2) is 16.8 Å². The van der Waals surface area contributed by atoms with Gasteiger partial charge in [0, 0.05) is 12.3 Å². The van der Waals surface area contributed by atoms with Crippen LogP contribution in [0.25, 0.3) is 0 Å². The van der Waals surface area contributed by atoms with Crippen LogP contribution in [-0.4, -0.2) is 41.1 Å². The number of hydrogen-bond donors (Lipinski definition) is 2. The highest BCUT2D eigenvalue weighted by atomic mass is 32.2. The van der Waals surface area contributed by atoms with Crippen LogP contribution in [0.2, 0.25) is 0 Å². The fraction of sp³-hybridized carbons (Fsp3) is 0.455. The van der Waals surface area contributed by atoms with E-state index in [1.807, 2.05) is 0 Å². The second kappa shape index (κ2) is 5.79. The highest BCUT2D eigenvalue weighted by Gasteiger charge is 2.13. The summed E-state index contributed by atoms with van der Waals surface area (Å²) in [6, 6.07) is 6.41. The van der Waals surface area contributed by atoms with E-state index in [0.29, 0.717) is 11.4 Å². The zero-order valence-corrected chi connectivity index (χ0v) is 12.7. The Hall–Kier alpha value is -1.28. The largest absolute Gasteiger partial charge is 0.380 e. The van der Waals surface area contributed by atoms with E-state index >= 15 is 0 Å². The van der Waals surface area contributed by atoms with E-state index in [4.69, 9.17) is 0 Å². The molecule has 0 aliphatic heterocycles. The first-order valence-corrected chi connectivity index (χ1v) is 9.53. The molecule has 0 fully saturated rings. The highest BCUT2D eigenvalue weighted by molar-refractivity contribution is 7.92.